The van der Waals surface area contributed by atoms with E-state index in [0.29, 0.717) is 12.0 Å². The maximum Gasteiger partial charge on any atom is 0.269 e. The molecule has 2 rings (SSSR count). The number of aliphatic hydroxyl groups excluding tert-OH is 1. The van der Waals surface area contributed by atoms with Gasteiger partial charge < -0.3 is 10.8 Å². The van der Waals surface area contributed by atoms with Crippen LogP contribution >= 0.6 is 0 Å². The summed E-state index contributed by atoms with van der Waals surface area (Å²) < 4.78 is 0. The smallest absolute Gasteiger partial charge is 0.269 e. The minimum atomic E-state index is -0.769. The van der Waals surface area contributed by atoms with Crippen molar-refractivity contribution in [3.63, 3.8) is 0 Å². The van der Waals surface area contributed by atoms with Crippen molar-refractivity contribution < 1.29 is 14.8 Å². The molecular weight excluding hydrogens is 284 g/mol. The van der Waals surface area contributed by atoms with E-state index in [4.69, 9.17) is 5.73 Å². The maximum absolute atomic E-state index is 12.3. The number of rotatable bonds is 6. The number of benzene rings is 2. The molecule has 6 heteroatoms. The molecular formula is C16H16N2O4. The van der Waals surface area contributed by atoms with Crippen LogP contribution in [0.4, 0.5) is 5.69 Å². The lowest BCUT2D eigenvalue weighted by Gasteiger charge is -2.13. The Balaban J connectivity index is 2.13. The van der Waals surface area contributed by atoms with E-state index in [-0.39, 0.29) is 18.1 Å². The molecule has 0 radical (unpaired) electrons. The molecule has 0 aromatic heterocycles. The van der Waals surface area contributed by atoms with E-state index in [1.807, 2.05) is 12.1 Å². The molecule has 0 fully saturated rings. The highest BCUT2D eigenvalue weighted by molar-refractivity contribution is 6.00. The highest BCUT2D eigenvalue weighted by Gasteiger charge is 2.18. The van der Waals surface area contributed by atoms with Gasteiger partial charge in [0.2, 0.25) is 0 Å². The number of nitrogens with zero attached hydrogens (tertiary/aromatic N) is 1. The van der Waals surface area contributed by atoms with Gasteiger partial charge in [-0.3, -0.25) is 14.9 Å². The van der Waals surface area contributed by atoms with Gasteiger partial charge in [-0.05, 0) is 29.7 Å². The Labute approximate surface area is 127 Å². The van der Waals surface area contributed by atoms with Crippen LogP contribution in [0.25, 0.3) is 0 Å². The molecule has 114 valence electrons. The van der Waals surface area contributed by atoms with E-state index >= 15 is 0 Å². The zero-order valence-corrected chi connectivity index (χ0v) is 11.8. The van der Waals surface area contributed by atoms with Crippen molar-refractivity contribution in [2.75, 3.05) is 0 Å². The van der Waals surface area contributed by atoms with Crippen LogP contribution in [-0.4, -0.2) is 21.9 Å². The molecule has 0 aliphatic carbocycles. The third kappa shape index (κ3) is 3.55. The fourth-order valence-electron chi connectivity index (χ4n) is 2.20. The lowest BCUT2D eigenvalue weighted by Crippen LogP contribution is -2.33. The SMILES string of the molecule is NC(Cc1ccccc1CO)C(=O)c1ccc([N+](=O)[O-])cc1. The van der Waals surface area contributed by atoms with Crippen molar-refractivity contribution >= 4 is 11.5 Å². The molecule has 0 aliphatic heterocycles. The Kier molecular flexibility index (Phi) is 4.98. The minimum Gasteiger partial charge on any atom is -0.392 e. The highest BCUT2D eigenvalue weighted by atomic mass is 16.6. The third-order valence-corrected chi connectivity index (χ3v) is 3.43. The van der Waals surface area contributed by atoms with Gasteiger partial charge in [-0.15, -0.1) is 0 Å². The van der Waals surface area contributed by atoms with E-state index in [0.717, 1.165) is 11.1 Å². The van der Waals surface area contributed by atoms with Crippen LogP contribution in [0.5, 0.6) is 0 Å². The second-order valence-electron chi connectivity index (χ2n) is 4.91. The first-order valence-electron chi connectivity index (χ1n) is 6.75. The standard InChI is InChI=1S/C16H16N2O4/c17-15(9-12-3-1-2-4-13(12)10-19)16(20)11-5-7-14(8-6-11)18(21)22/h1-8,15,19H,9-10,17H2. The number of nitro benzene ring substituents is 1. The number of Topliss-reactive ketones (excluding diaryl/α,β-unsaturated/α-hetero) is 1. The molecule has 3 N–H and O–H groups in total. The van der Waals surface area contributed by atoms with Crippen molar-refractivity contribution in [1.82, 2.24) is 0 Å². The Morgan fingerprint density at radius 2 is 1.73 bits per heavy atom. The fourth-order valence-corrected chi connectivity index (χ4v) is 2.20. The molecule has 0 saturated carbocycles. The van der Waals surface area contributed by atoms with Gasteiger partial charge >= 0.3 is 0 Å². The van der Waals surface area contributed by atoms with E-state index in [1.165, 1.54) is 24.3 Å². The summed E-state index contributed by atoms with van der Waals surface area (Å²) in [6.45, 7) is -0.116. The second kappa shape index (κ2) is 6.93. The Morgan fingerprint density at radius 1 is 1.14 bits per heavy atom. The summed E-state index contributed by atoms with van der Waals surface area (Å²) >= 11 is 0. The van der Waals surface area contributed by atoms with Crippen LogP contribution in [0.15, 0.2) is 48.5 Å². The average Bonchev–Trinajstić information content (AvgIpc) is 2.54. The van der Waals surface area contributed by atoms with Crippen molar-refractivity contribution in [3.8, 4) is 0 Å². The molecule has 2 aromatic carbocycles. The number of carbonyl (C=O) groups is 1. The monoisotopic (exact) mass is 300 g/mol. The molecule has 0 spiro atoms. The first kappa shape index (κ1) is 15.8. The Bertz CT molecular complexity index is 683. The molecule has 2 aromatic rings. The van der Waals surface area contributed by atoms with Gasteiger partial charge in [0.15, 0.2) is 5.78 Å². The van der Waals surface area contributed by atoms with Crippen molar-refractivity contribution in [2.45, 2.75) is 19.1 Å². The molecule has 0 aliphatic rings. The summed E-state index contributed by atoms with van der Waals surface area (Å²) in [5.74, 6) is -0.289. The lowest BCUT2D eigenvalue weighted by atomic mass is 9.95. The molecule has 6 nitrogen and oxygen atoms in total. The van der Waals surface area contributed by atoms with Gasteiger partial charge in [0.25, 0.3) is 5.69 Å². The van der Waals surface area contributed by atoms with Gasteiger partial charge in [-0.25, -0.2) is 0 Å². The number of non-ortho nitro benzene ring substituents is 1. The summed E-state index contributed by atoms with van der Waals surface area (Å²) in [5, 5.41) is 19.9. The summed E-state index contributed by atoms with van der Waals surface area (Å²) in [6, 6.07) is 11.8. The summed E-state index contributed by atoms with van der Waals surface area (Å²) in [7, 11) is 0. The molecule has 0 saturated heterocycles. The quantitative estimate of drug-likeness (QED) is 0.481. The van der Waals surface area contributed by atoms with Gasteiger partial charge in [0.1, 0.15) is 0 Å². The van der Waals surface area contributed by atoms with E-state index in [2.05, 4.69) is 0 Å². The Morgan fingerprint density at radius 3 is 2.27 bits per heavy atom. The lowest BCUT2D eigenvalue weighted by molar-refractivity contribution is -0.384. The Hall–Kier alpha value is -2.57. The largest absolute Gasteiger partial charge is 0.392 e. The number of nitro groups is 1. The van der Waals surface area contributed by atoms with Gasteiger partial charge in [-0.2, -0.15) is 0 Å². The summed E-state index contributed by atoms with van der Waals surface area (Å²) in [6.07, 6.45) is 0.298. The van der Waals surface area contributed by atoms with Crippen LogP contribution in [0.2, 0.25) is 0 Å². The number of hydrogen-bond donors (Lipinski definition) is 2. The molecule has 1 atom stereocenters. The number of aliphatic hydroxyl groups is 1. The molecule has 0 bridgehead atoms. The molecule has 1 unspecified atom stereocenters. The first-order chi connectivity index (χ1) is 10.5. The number of nitrogens with two attached hydrogens (primary N) is 1. The van der Waals surface area contributed by atoms with Gasteiger partial charge in [0.05, 0.1) is 17.6 Å². The first-order valence-corrected chi connectivity index (χ1v) is 6.75. The number of hydrogen-bond acceptors (Lipinski definition) is 5. The van der Waals surface area contributed by atoms with Crippen molar-refractivity contribution in [3.05, 3.63) is 75.3 Å². The zero-order chi connectivity index (χ0) is 16.1. The topological polar surface area (TPSA) is 106 Å². The van der Waals surface area contributed by atoms with Crippen molar-refractivity contribution in [1.29, 1.82) is 0 Å². The number of carbonyl (C=O) groups excluding carboxylic acids is 1. The zero-order valence-electron chi connectivity index (χ0n) is 11.8. The minimum absolute atomic E-state index is 0.0734. The normalized spacial score (nSPS) is 11.9. The average molecular weight is 300 g/mol. The van der Waals surface area contributed by atoms with Gasteiger partial charge in [-0.1, -0.05) is 24.3 Å². The van der Waals surface area contributed by atoms with Crippen LogP contribution in [-0.2, 0) is 13.0 Å². The molecule has 22 heavy (non-hydrogen) atoms. The number of ketones is 1. The fraction of sp³-hybridized carbons (Fsp3) is 0.188. The second-order valence-corrected chi connectivity index (χ2v) is 4.91. The van der Waals surface area contributed by atoms with Crippen LogP contribution in [0.3, 0.4) is 0 Å². The van der Waals surface area contributed by atoms with E-state index in [1.54, 1.807) is 12.1 Å². The van der Waals surface area contributed by atoms with Crippen LogP contribution in [0, 0.1) is 10.1 Å². The van der Waals surface area contributed by atoms with E-state index in [9.17, 15) is 20.0 Å². The predicted molar refractivity (Wildman–Crippen MR) is 81.5 cm³/mol. The third-order valence-electron chi connectivity index (χ3n) is 3.43. The van der Waals surface area contributed by atoms with Crippen molar-refractivity contribution in [2.24, 2.45) is 5.73 Å². The predicted octanol–water partition coefficient (Wildman–Crippen LogP) is 1.84. The summed E-state index contributed by atoms with van der Waals surface area (Å²) in [4.78, 5) is 22.4. The summed E-state index contributed by atoms with van der Waals surface area (Å²) in [5.41, 5.74) is 7.74. The molecule has 0 amide bonds. The van der Waals surface area contributed by atoms with Crippen LogP contribution < -0.4 is 5.73 Å². The maximum atomic E-state index is 12.3. The highest BCUT2D eigenvalue weighted by Crippen LogP contribution is 2.16. The molecule has 0 heterocycles. The van der Waals surface area contributed by atoms with Crippen LogP contribution in [0.1, 0.15) is 21.5 Å². The van der Waals surface area contributed by atoms with E-state index < -0.39 is 11.0 Å². The van der Waals surface area contributed by atoms with Gasteiger partial charge in [0, 0.05) is 17.7 Å².